The molecule has 0 aliphatic carbocycles. The van der Waals surface area contributed by atoms with Gasteiger partial charge in [0.15, 0.2) is 11.7 Å². The SMILES string of the molecule is O=C(COc1ccc(C=C2C(=O)NC(=S)NC2=O)cc1)Nc1ccc(Br)cc1. The number of carbonyl (C=O) groups excluding carboxylic acids is 3. The Kier molecular flexibility index (Phi) is 6.17. The molecule has 0 radical (unpaired) electrons. The highest BCUT2D eigenvalue weighted by atomic mass is 79.9. The monoisotopic (exact) mass is 459 g/mol. The first kappa shape index (κ1) is 19.7. The van der Waals surface area contributed by atoms with Crippen molar-refractivity contribution >= 4 is 62.7 Å². The van der Waals surface area contributed by atoms with E-state index in [2.05, 4.69) is 31.9 Å². The fourth-order valence-corrected chi connectivity index (χ4v) is 2.76. The van der Waals surface area contributed by atoms with E-state index in [0.717, 1.165) is 4.47 Å². The Balaban J connectivity index is 1.57. The number of ether oxygens (including phenoxy) is 1. The van der Waals surface area contributed by atoms with Crippen LogP contribution in [0.25, 0.3) is 6.08 Å². The van der Waals surface area contributed by atoms with Gasteiger partial charge in [0.05, 0.1) is 0 Å². The molecule has 1 aliphatic rings. The molecule has 3 rings (SSSR count). The highest BCUT2D eigenvalue weighted by Crippen LogP contribution is 2.17. The van der Waals surface area contributed by atoms with E-state index in [9.17, 15) is 14.4 Å². The van der Waals surface area contributed by atoms with E-state index in [-0.39, 0.29) is 23.2 Å². The number of benzene rings is 2. The summed E-state index contributed by atoms with van der Waals surface area (Å²) in [6, 6.07) is 13.8. The van der Waals surface area contributed by atoms with E-state index >= 15 is 0 Å². The third-order valence-corrected chi connectivity index (χ3v) is 4.37. The van der Waals surface area contributed by atoms with Crippen LogP contribution in [0, 0.1) is 0 Å². The standard InChI is InChI=1S/C19H14BrN3O4S/c20-12-3-5-13(6-4-12)21-16(24)10-27-14-7-1-11(2-8-14)9-15-17(25)22-19(28)23-18(15)26/h1-9H,10H2,(H,21,24)(H2,22,23,25,26,28). The quantitative estimate of drug-likeness (QED) is 0.362. The molecule has 28 heavy (non-hydrogen) atoms. The molecule has 0 unspecified atom stereocenters. The highest BCUT2D eigenvalue weighted by molar-refractivity contribution is 9.10. The largest absolute Gasteiger partial charge is 0.484 e. The van der Waals surface area contributed by atoms with E-state index in [1.165, 1.54) is 6.08 Å². The van der Waals surface area contributed by atoms with E-state index in [0.29, 0.717) is 17.0 Å². The van der Waals surface area contributed by atoms with E-state index < -0.39 is 11.8 Å². The highest BCUT2D eigenvalue weighted by Gasteiger charge is 2.25. The van der Waals surface area contributed by atoms with Crippen molar-refractivity contribution in [1.29, 1.82) is 0 Å². The molecule has 142 valence electrons. The third kappa shape index (κ3) is 5.24. The second kappa shape index (κ2) is 8.77. The predicted molar refractivity (Wildman–Crippen MR) is 112 cm³/mol. The fraction of sp³-hybridized carbons (Fsp3) is 0.0526. The maximum Gasteiger partial charge on any atom is 0.263 e. The zero-order chi connectivity index (χ0) is 20.1. The Morgan fingerprint density at radius 2 is 1.64 bits per heavy atom. The number of nitrogens with one attached hydrogen (secondary N) is 3. The molecule has 7 nitrogen and oxygen atoms in total. The number of carbonyl (C=O) groups is 3. The summed E-state index contributed by atoms with van der Waals surface area (Å²) in [6.45, 7) is -0.154. The summed E-state index contributed by atoms with van der Waals surface area (Å²) >= 11 is 8.08. The van der Waals surface area contributed by atoms with Crippen LogP contribution >= 0.6 is 28.1 Å². The number of halogens is 1. The van der Waals surface area contributed by atoms with E-state index in [4.69, 9.17) is 17.0 Å². The molecule has 9 heteroatoms. The van der Waals surface area contributed by atoms with Gasteiger partial charge in [-0.25, -0.2) is 0 Å². The van der Waals surface area contributed by atoms with E-state index in [1.54, 1.807) is 36.4 Å². The maximum absolute atomic E-state index is 11.9. The van der Waals surface area contributed by atoms with Gasteiger partial charge in [0.2, 0.25) is 0 Å². The van der Waals surface area contributed by atoms with Crippen molar-refractivity contribution < 1.29 is 19.1 Å². The molecule has 1 aliphatic heterocycles. The lowest BCUT2D eigenvalue weighted by Crippen LogP contribution is -2.51. The number of anilines is 1. The minimum absolute atomic E-state index is 0.0164. The summed E-state index contributed by atoms with van der Waals surface area (Å²) in [5.74, 6) is -0.927. The molecule has 0 aromatic heterocycles. The molecule has 1 fully saturated rings. The summed E-state index contributed by atoms with van der Waals surface area (Å²) in [5.41, 5.74) is 1.25. The van der Waals surface area contributed by atoms with Gasteiger partial charge in [-0.2, -0.15) is 0 Å². The summed E-state index contributed by atoms with van der Waals surface area (Å²) in [4.78, 5) is 35.6. The molecule has 2 aromatic rings. The second-order valence-electron chi connectivity index (χ2n) is 5.71. The average molecular weight is 460 g/mol. The Hall–Kier alpha value is -3.04. The van der Waals surface area contributed by atoms with Crippen LogP contribution in [0.5, 0.6) is 5.75 Å². The molecule has 0 atom stereocenters. The summed E-state index contributed by atoms with van der Waals surface area (Å²) in [7, 11) is 0. The summed E-state index contributed by atoms with van der Waals surface area (Å²) in [5, 5.41) is 7.44. The van der Waals surface area contributed by atoms with Crippen molar-refractivity contribution in [2.75, 3.05) is 11.9 Å². The van der Waals surface area contributed by atoms with Crippen LogP contribution in [0.4, 0.5) is 5.69 Å². The molecular weight excluding hydrogens is 446 g/mol. The Morgan fingerprint density at radius 3 is 2.25 bits per heavy atom. The molecule has 1 saturated heterocycles. The second-order valence-corrected chi connectivity index (χ2v) is 7.03. The van der Waals surface area contributed by atoms with E-state index in [1.807, 2.05) is 12.1 Å². The van der Waals surface area contributed by atoms with Crippen LogP contribution in [0.15, 0.2) is 58.6 Å². The zero-order valence-corrected chi connectivity index (χ0v) is 16.7. The number of hydrogen-bond acceptors (Lipinski definition) is 5. The maximum atomic E-state index is 11.9. The molecule has 3 N–H and O–H groups in total. The topological polar surface area (TPSA) is 96.5 Å². The number of amides is 3. The molecule has 0 bridgehead atoms. The first-order chi connectivity index (χ1) is 13.4. The lowest BCUT2D eigenvalue weighted by Gasteiger charge is -2.16. The lowest BCUT2D eigenvalue weighted by atomic mass is 10.1. The Labute approximate surface area is 174 Å². The van der Waals surface area contributed by atoms with Crippen LogP contribution in [0.2, 0.25) is 0 Å². The van der Waals surface area contributed by atoms with Gasteiger partial charge in [-0.1, -0.05) is 28.1 Å². The molecule has 1 heterocycles. The summed E-state index contributed by atoms with van der Waals surface area (Å²) < 4.78 is 6.37. The first-order valence-corrected chi connectivity index (χ1v) is 9.27. The number of rotatable bonds is 5. The average Bonchev–Trinajstić information content (AvgIpc) is 2.66. The number of thiocarbonyl (C=S) groups is 1. The molecule has 3 amide bonds. The predicted octanol–water partition coefficient (Wildman–Crippen LogP) is 2.38. The minimum atomic E-state index is -0.557. The smallest absolute Gasteiger partial charge is 0.263 e. The number of hydrogen-bond donors (Lipinski definition) is 3. The Bertz CT molecular complexity index is 950. The van der Waals surface area contributed by atoms with Crippen LogP contribution < -0.4 is 20.7 Å². The van der Waals surface area contributed by atoms with Crippen LogP contribution in [-0.2, 0) is 14.4 Å². The van der Waals surface area contributed by atoms with Crippen molar-refractivity contribution in [2.24, 2.45) is 0 Å². The molecule has 0 spiro atoms. The van der Waals surface area contributed by atoms with Crippen LogP contribution in [-0.4, -0.2) is 29.4 Å². The van der Waals surface area contributed by atoms with Gasteiger partial charge in [-0.05, 0) is 60.3 Å². The molecule has 0 saturated carbocycles. The van der Waals surface area contributed by atoms with Crippen molar-refractivity contribution in [2.45, 2.75) is 0 Å². The normalized spacial score (nSPS) is 13.5. The van der Waals surface area contributed by atoms with Crippen molar-refractivity contribution in [3.63, 3.8) is 0 Å². The van der Waals surface area contributed by atoms with Crippen molar-refractivity contribution in [1.82, 2.24) is 10.6 Å². The first-order valence-electron chi connectivity index (χ1n) is 8.07. The Morgan fingerprint density at radius 1 is 1.04 bits per heavy atom. The summed E-state index contributed by atoms with van der Waals surface area (Å²) in [6.07, 6.45) is 1.44. The van der Waals surface area contributed by atoms with Crippen molar-refractivity contribution in [3.05, 3.63) is 64.1 Å². The third-order valence-electron chi connectivity index (χ3n) is 3.63. The minimum Gasteiger partial charge on any atom is -0.484 e. The van der Waals surface area contributed by atoms with Gasteiger partial charge < -0.3 is 10.1 Å². The zero-order valence-electron chi connectivity index (χ0n) is 14.3. The van der Waals surface area contributed by atoms with Gasteiger partial charge >= 0.3 is 0 Å². The molecular formula is C19H14BrN3O4S. The molecule has 2 aromatic carbocycles. The van der Waals surface area contributed by atoms with Gasteiger partial charge in [0.1, 0.15) is 11.3 Å². The lowest BCUT2D eigenvalue weighted by molar-refractivity contribution is -0.123. The van der Waals surface area contributed by atoms with Gasteiger partial charge in [0.25, 0.3) is 17.7 Å². The van der Waals surface area contributed by atoms with Gasteiger partial charge in [-0.3, -0.25) is 25.0 Å². The van der Waals surface area contributed by atoms with Gasteiger partial charge in [0, 0.05) is 10.2 Å². The van der Waals surface area contributed by atoms with Crippen LogP contribution in [0.3, 0.4) is 0 Å². The fourth-order valence-electron chi connectivity index (χ4n) is 2.31. The van der Waals surface area contributed by atoms with Crippen LogP contribution in [0.1, 0.15) is 5.56 Å². The van der Waals surface area contributed by atoms with Crippen molar-refractivity contribution in [3.8, 4) is 5.75 Å². The van der Waals surface area contributed by atoms with Gasteiger partial charge in [-0.15, -0.1) is 0 Å².